The van der Waals surface area contributed by atoms with Gasteiger partial charge in [0.25, 0.3) is 0 Å². The lowest BCUT2D eigenvalue weighted by molar-refractivity contribution is 0.739. The second-order valence-corrected chi connectivity index (χ2v) is 3.61. The monoisotopic (exact) mass is 216 g/mol. The van der Waals surface area contributed by atoms with E-state index in [9.17, 15) is 0 Å². The van der Waals surface area contributed by atoms with E-state index in [0.29, 0.717) is 5.92 Å². The molecule has 0 aliphatic heterocycles. The first-order valence-corrected chi connectivity index (χ1v) is 6.01. The van der Waals surface area contributed by atoms with Crippen LogP contribution in [0.15, 0.2) is 30.7 Å². The fourth-order valence-electron chi connectivity index (χ4n) is 1.68. The van der Waals surface area contributed by atoms with Crippen molar-refractivity contribution in [3.05, 3.63) is 36.3 Å². The molecule has 86 valence electrons. The number of hydrogen-bond acceptors (Lipinski definition) is 2. The molecule has 1 aromatic carbocycles. The normalized spacial score (nSPS) is 11.8. The van der Waals surface area contributed by atoms with Gasteiger partial charge < -0.3 is 0 Å². The first-order valence-electron chi connectivity index (χ1n) is 6.01. The Morgan fingerprint density at radius 3 is 2.69 bits per heavy atom. The second kappa shape index (κ2) is 6.21. The van der Waals surface area contributed by atoms with Crippen molar-refractivity contribution in [3.63, 3.8) is 0 Å². The maximum Gasteiger partial charge on any atom is 0.116 e. The van der Waals surface area contributed by atoms with Gasteiger partial charge in [-0.2, -0.15) is 0 Å². The van der Waals surface area contributed by atoms with Gasteiger partial charge in [-0.05, 0) is 24.0 Å². The number of benzene rings is 1. The van der Waals surface area contributed by atoms with Crippen LogP contribution in [0.1, 0.15) is 45.6 Å². The highest BCUT2D eigenvalue weighted by Gasteiger charge is 2.07. The second-order valence-electron chi connectivity index (χ2n) is 3.61. The molecule has 1 aromatic heterocycles. The van der Waals surface area contributed by atoms with Crippen molar-refractivity contribution in [1.29, 1.82) is 0 Å². The Labute approximate surface area is 97.7 Å². The summed E-state index contributed by atoms with van der Waals surface area (Å²) in [5, 5.41) is 1.18. The van der Waals surface area contributed by atoms with Gasteiger partial charge in [0.1, 0.15) is 6.33 Å². The van der Waals surface area contributed by atoms with Crippen molar-refractivity contribution in [2.24, 2.45) is 0 Å². The molecule has 0 radical (unpaired) electrons. The maximum absolute atomic E-state index is 4.25. The van der Waals surface area contributed by atoms with Crippen molar-refractivity contribution >= 4 is 10.9 Å². The molecule has 0 aliphatic rings. The van der Waals surface area contributed by atoms with Gasteiger partial charge in [-0.15, -0.1) is 0 Å². The molecule has 1 atom stereocenters. The van der Waals surface area contributed by atoms with E-state index in [0.717, 1.165) is 11.9 Å². The van der Waals surface area contributed by atoms with Gasteiger partial charge in [0, 0.05) is 11.6 Å². The molecule has 0 saturated carbocycles. The fourth-order valence-corrected chi connectivity index (χ4v) is 1.68. The largest absolute Gasteiger partial charge is 0.244 e. The van der Waals surface area contributed by atoms with Crippen molar-refractivity contribution in [1.82, 2.24) is 9.97 Å². The summed E-state index contributed by atoms with van der Waals surface area (Å²) in [6.45, 7) is 8.44. The zero-order valence-electron chi connectivity index (χ0n) is 10.6. The van der Waals surface area contributed by atoms with Crippen LogP contribution in [0, 0.1) is 0 Å². The molecule has 0 bridgehead atoms. The summed E-state index contributed by atoms with van der Waals surface area (Å²) >= 11 is 0. The molecule has 0 aliphatic carbocycles. The van der Waals surface area contributed by atoms with Crippen LogP contribution >= 0.6 is 0 Å². The molecule has 2 nitrogen and oxygen atoms in total. The highest BCUT2D eigenvalue weighted by Crippen LogP contribution is 2.25. The van der Waals surface area contributed by atoms with Gasteiger partial charge in [0.15, 0.2) is 0 Å². The molecule has 0 fully saturated rings. The van der Waals surface area contributed by atoms with Crippen molar-refractivity contribution in [3.8, 4) is 0 Å². The van der Waals surface area contributed by atoms with E-state index >= 15 is 0 Å². The highest BCUT2D eigenvalue weighted by atomic mass is 14.8. The highest BCUT2D eigenvalue weighted by molar-refractivity contribution is 5.81. The number of fused-ring (bicyclic) bond motifs is 1. The standard InChI is InChI=1S/C12H14N2.C2H6/c1-3-9(2)10-5-4-6-12-11(10)7-13-8-14-12;1-2/h4-9H,3H2,1-2H3;1-2H3. The Morgan fingerprint density at radius 2 is 2.00 bits per heavy atom. The third kappa shape index (κ3) is 2.57. The lowest BCUT2D eigenvalue weighted by atomic mass is 9.95. The molecule has 2 rings (SSSR count). The molecule has 0 amide bonds. The first-order chi connectivity index (χ1) is 7.83. The van der Waals surface area contributed by atoms with Crippen LogP contribution in [0.4, 0.5) is 0 Å². The summed E-state index contributed by atoms with van der Waals surface area (Å²) in [5.41, 5.74) is 2.39. The first kappa shape index (κ1) is 12.6. The Morgan fingerprint density at radius 1 is 1.25 bits per heavy atom. The zero-order valence-corrected chi connectivity index (χ0v) is 10.6. The lowest BCUT2D eigenvalue weighted by Crippen LogP contribution is -1.94. The van der Waals surface area contributed by atoms with Gasteiger partial charge >= 0.3 is 0 Å². The predicted octanol–water partition coefficient (Wildman–Crippen LogP) is 4.17. The average Bonchev–Trinajstić information content (AvgIpc) is 2.39. The third-order valence-corrected chi connectivity index (χ3v) is 2.73. The maximum atomic E-state index is 4.25. The number of aromatic nitrogens is 2. The molecular formula is C14H20N2. The number of nitrogens with zero attached hydrogens (tertiary/aromatic N) is 2. The lowest BCUT2D eigenvalue weighted by Gasteiger charge is -2.11. The van der Waals surface area contributed by atoms with E-state index in [-0.39, 0.29) is 0 Å². The Bertz CT molecular complexity index is 432. The average molecular weight is 216 g/mol. The van der Waals surface area contributed by atoms with E-state index in [1.165, 1.54) is 10.9 Å². The summed E-state index contributed by atoms with van der Waals surface area (Å²) < 4.78 is 0. The molecule has 0 saturated heterocycles. The summed E-state index contributed by atoms with van der Waals surface area (Å²) in [6.07, 6.45) is 4.65. The number of rotatable bonds is 2. The van der Waals surface area contributed by atoms with Crippen LogP contribution < -0.4 is 0 Å². The van der Waals surface area contributed by atoms with E-state index < -0.39 is 0 Å². The van der Waals surface area contributed by atoms with Gasteiger partial charge in [-0.3, -0.25) is 0 Å². The van der Waals surface area contributed by atoms with Gasteiger partial charge in [-0.25, -0.2) is 9.97 Å². The minimum Gasteiger partial charge on any atom is -0.244 e. The van der Waals surface area contributed by atoms with Gasteiger partial charge in [0.05, 0.1) is 5.52 Å². The molecular weight excluding hydrogens is 196 g/mol. The van der Waals surface area contributed by atoms with Crippen molar-refractivity contribution in [2.45, 2.75) is 40.0 Å². The van der Waals surface area contributed by atoms with E-state index in [2.05, 4.69) is 35.9 Å². The smallest absolute Gasteiger partial charge is 0.116 e. The van der Waals surface area contributed by atoms with Crippen LogP contribution in [0.3, 0.4) is 0 Å². The van der Waals surface area contributed by atoms with E-state index in [1.807, 2.05) is 26.1 Å². The fraction of sp³-hybridized carbons (Fsp3) is 0.429. The summed E-state index contributed by atoms with van der Waals surface area (Å²) in [4.78, 5) is 8.33. The zero-order chi connectivity index (χ0) is 12.0. The topological polar surface area (TPSA) is 25.8 Å². The van der Waals surface area contributed by atoms with Crippen LogP contribution in [0.2, 0.25) is 0 Å². The van der Waals surface area contributed by atoms with Crippen LogP contribution in [0.5, 0.6) is 0 Å². The quantitative estimate of drug-likeness (QED) is 0.753. The molecule has 1 heterocycles. The van der Waals surface area contributed by atoms with Crippen molar-refractivity contribution < 1.29 is 0 Å². The molecule has 0 spiro atoms. The SMILES string of the molecule is CC.CCC(C)c1cccc2ncncc12. The number of hydrogen-bond donors (Lipinski definition) is 0. The molecule has 2 aromatic rings. The predicted molar refractivity (Wildman–Crippen MR) is 69.6 cm³/mol. The van der Waals surface area contributed by atoms with Gasteiger partial charge in [-0.1, -0.05) is 39.8 Å². The van der Waals surface area contributed by atoms with E-state index in [1.54, 1.807) is 6.33 Å². The molecule has 2 heteroatoms. The van der Waals surface area contributed by atoms with Gasteiger partial charge in [0.2, 0.25) is 0 Å². The minimum atomic E-state index is 0.574. The van der Waals surface area contributed by atoms with E-state index in [4.69, 9.17) is 0 Å². The molecule has 16 heavy (non-hydrogen) atoms. The summed E-state index contributed by atoms with van der Waals surface area (Å²) in [7, 11) is 0. The Balaban J connectivity index is 0.000000606. The van der Waals surface area contributed by atoms with Crippen LogP contribution in [-0.2, 0) is 0 Å². The third-order valence-electron chi connectivity index (χ3n) is 2.73. The Hall–Kier alpha value is -1.44. The summed E-state index contributed by atoms with van der Waals surface area (Å²) in [5.74, 6) is 0.574. The van der Waals surface area contributed by atoms with Crippen LogP contribution in [-0.4, -0.2) is 9.97 Å². The van der Waals surface area contributed by atoms with Crippen molar-refractivity contribution in [2.75, 3.05) is 0 Å². The minimum absolute atomic E-state index is 0.574. The Kier molecular flexibility index (Phi) is 4.90. The summed E-state index contributed by atoms with van der Waals surface area (Å²) in [6, 6.07) is 6.26. The molecule has 1 unspecified atom stereocenters. The van der Waals surface area contributed by atoms with Crippen LogP contribution in [0.25, 0.3) is 10.9 Å². The molecule has 0 N–H and O–H groups in total.